The van der Waals surface area contributed by atoms with Crippen molar-refractivity contribution >= 4 is 5.96 Å². The molecular formula is C19H19F5N4O3. The van der Waals surface area contributed by atoms with E-state index in [1.807, 2.05) is 0 Å². The topological polar surface area (TPSA) is 83.5 Å². The van der Waals surface area contributed by atoms with Crippen molar-refractivity contribution in [3.8, 4) is 11.5 Å². The van der Waals surface area contributed by atoms with Crippen LogP contribution in [0, 0.1) is 0 Å². The largest absolute Gasteiger partial charge is 0.573 e. The number of ether oxygens (including phenoxy) is 2. The van der Waals surface area contributed by atoms with Gasteiger partial charge < -0.3 is 15.2 Å². The molecule has 3 N–H and O–H groups in total. The summed E-state index contributed by atoms with van der Waals surface area (Å²) in [4.78, 5) is 4.41. The number of aliphatic imine (C=N–C) groups is 1. The van der Waals surface area contributed by atoms with Crippen molar-refractivity contribution in [2.24, 2.45) is 10.7 Å². The van der Waals surface area contributed by atoms with Gasteiger partial charge in [-0.3, -0.25) is 10.2 Å². The third-order valence-corrected chi connectivity index (χ3v) is 4.82. The molecule has 7 nitrogen and oxygen atoms in total. The molecule has 1 aliphatic rings. The Hall–Kier alpha value is -3.12. The predicted molar refractivity (Wildman–Crippen MR) is 99.3 cm³/mol. The third kappa shape index (κ3) is 4.80. The van der Waals surface area contributed by atoms with Crippen molar-refractivity contribution in [2.45, 2.75) is 31.5 Å². The first kappa shape index (κ1) is 22.6. The van der Waals surface area contributed by atoms with Crippen molar-refractivity contribution in [1.82, 2.24) is 10.2 Å². The minimum Gasteiger partial charge on any atom is -0.435 e. The molecule has 2 atom stereocenters. The lowest BCUT2D eigenvalue weighted by Gasteiger charge is -2.46. The van der Waals surface area contributed by atoms with Gasteiger partial charge in [0.15, 0.2) is 0 Å². The van der Waals surface area contributed by atoms with E-state index in [2.05, 4.69) is 14.5 Å². The number of rotatable bonds is 5. The molecule has 3 rings (SSSR count). The summed E-state index contributed by atoms with van der Waals surface area (Å²) in [6.45, 7) is -1.44. The van der Waals surface area contributed by atoms with E-state index in [1.54, 1.807) is 6.92 Å². The molecule has 0 unspecified atom stereocenters. The summed E-state index contributed by atoms with van der Waals surface area (Å²) in [7, 11) is 1.43. The number of hydroxylamine groups is 1. The highest BCUT2D eigenvalue weighted by Crippen LogP contribution is 2.46. The van der Waals surface area contributed by atoms with Crippen molar-refractivity contribution < 1.29 is 36.6 Å². The second-order valence-corrected chi connectivity index (χ2v) is 6.89. The summed E-state index contributed by atoms with van der Waals surface area (Å²) in [5, 5.41) is 12.7. The minimum atomic E-state index is -4.89. The fraction of sp³-hybridized carbons (Fsp3) is 0.316. The molecule has 2 aromatic carbocycles. The zero-order valence-electron chi connectivity index (χ0n) is 16.3. The van der Waals surface area contributed by atoms with Gasteiger partial charge in [-0.25, -0.2) is 4.99 Å². The van der Waals surface area contributed by atoms with Gasteiger partial charge in [-0.05, 0) is 42.3 Å². The Kier molecular flexibility index (Phi) is 5.96. The average Bonchev–Trinajstić information content (AvgIpc) is 2.66. The van der Waals surface area contributed by atoms with Crippen LogP contribution in [0.1, 0.15) is 24.1 Å². The second-order valence-electron chi connectivity index (χ2n) is 6.89. The van der Waals surface area contributed by atoms with E-state index in [9.17, 15) is 27.2 Å². The van der Waals surface area contributed by atoms with E-state index in [1.165, 1.54) is 43.4 Å². The van der Waals surface area contributed by atoms with E-state index in [-0.39, 0.29) is 17.3 Å². The first-order valence-electron chi connectivity index (χ1n) is 8.89. The molecule has 0 saturated carbocycles. The van der Waals surface area contributed by atoms with Crippen LogP contribution < -0.4 is 15.2 Å². The molecule has 31 heavy (non-hydrogen) atoms. The Morgan fingerprint density at radius 3 is 2.35 bits per heavy atom. The standard InChI is InChI=1S/C19H19F5N4O3/c1-18(12-4-3-5-14(10-12)31-19(22,23)24)15(28(29)27(2)17(25)26-18)11-6-8-13(9-7-11)30-16(20)21/h3-10,15-16,29H,1-2H3,(H2,25,26)/t15-,18+/m0/s1. The Morgan fingerprint density at radius 1 is 1.13 bits per heavy atom. The average molecular weight is 446 g/mol. The van der Waals surface area contributed by atoms with Crippen molar-refractivity contribution in [2.75, 3.05) is 7.05 Å². The summed E-state index contributed by atoms with van der Waals surface area (Å²) in [5.74, 6) is -0.665. The normalized spacial score (nSPS) is 22.4. The number of hydrogen-bond acceptors (Lipinski definition) is 7. The molecule has 168 valence electrons. The molecule has 0 saturated heterocycles. The van der Waals surface area contributed by atoms with Crippen LogP contribution in [0.2, 0.25) is 0 Å². The van der Waals surface area contributed by atoms with Crippen LogP contribution in [0.15, 0.2) is 53.5 Å². The molecule has 1 heterocycles. The van der Waals surface area contributed by atoms with Gasteiger partial charge in [0.05, 0.1) is 0 Å². The molecule has 0 amide bonds. The van der Waals surface area contributed by atoms with Gasteiger partial charge in [0.2, 0.25) is 5.96 Å². The Bertz CT molecular complexity index is 954. The van der Waals surface area contributed by atoms with Crippen LogP contribution in [0.4, 0.5) is 22.0 Å². The lowest BCUT2D eigenvalue weighted by atomic mass is 9.80. The quantitative estimate of drug-likeness (QED) is 0.676. The third-order valence-electron chi connectivity index (χ3n) is 4.82. The highest BCUT2D eigenvalue weighted by atomic mass is 19.4. The second kappa shape index (κ2) is 8.19. The lowest BCUT2D eigenvalue weighted by molar-refractivity contribution is -0.274. The molecule has 1 aliphatic heterocycles. The Morgan fingerprint density at radius 2 is 1.77 bits per heavy atom. The van der Waals surface area contributed by atoms with Gasteiger partial charge in [-0.15, -0.1) is 13.2 Å². The predicted octanol–water partition coefficient (Wildman–Crippen LogP) is 4.01. The highest BCUT2D eigenvalue weighted by Gasteiger charge is 2.46. The minimum absolute atomic E-state index is 0.0963. The van der Waals surface area contributed by atoms with Crippen LogP contribution in [-0.4, -0.2) is 41.4 Å². The van der Waals surface area contributed by atoms with Gasteiger partial charge in [0.25, 0.3) is 0 Å². The number of benzene rings is 2. The van der Waals surface area contributed by atoms with Crippen LogP contribution in [-0.2, 0) is 5.54 Å². The first-order valence-corrected chi connectivity index (χ1v) is 8.89. The van der Waals surface area contributed by atoms with Gasteiger partial charge in [-0.2, -0.15) is 8.78 Å². The number of alkyl halides is 5. The van der Waals surface area contributed by atoms with Gasteiger partial charge in [0.1, 0.15) is 23.1 Å². The Balaban J connectivity index is 2.07. The molecule has 0 aromatic heterocycles. The van der Waals surface area contributed by atoms with Crippen molar-refractivity contribution in [1.29, 1.82) is 0 Å². The summed E-state index contributed by atoms with van der Waals surface area (Å²) < 4.78 is 71.2. The van der Waals surface area contributed by atoms with Crippen molar-refractivity contribution in [3.63, 3.8) is 0 Å². The van der Waals surface area contributed by atoms with Gasteiger partial charge in [-0.1, -0.05) is 29.4 Å². The number of guanidine groups is 1. The summed E-state index contributed by atoms with van der Waals surface area (Å²) in [6, 6.07) is 9.59. The molecule has 2 aromatic rings. The molecule has 12 heteroatoms. The van der Waals surface area contributed by atoms with E-state index < -0.39 is 30.3 Å². The number of nitrogens with two attached hydrogens (primary N) is 1. The molecule has 0 aliphatic carbocycles. The van der Waals surface area contributed by atoms with Crippen LogP contribution in [0.25, 0.3) is 0 Å². The molecule has 0 fully saturated rings. The van der Waals surface area contributed by atoms with Crippen LogP contribution in [0.3, 0.4) is 0 Å². The summed E-state index contributed by atoms with van der Waals surface area (Å²) in [5.41, 5.74) is 5.21. The van der Waals surface area contributed by atoms with E-state index in [0.29, 0.717) is 5.56 Å². The van der Waals surface area contributed by atoms with E-state index in [0.717, 1.165) is 22.3 Å². The highest BCUT2D eigenvalue weighted by molar-refractivity contribution is 5.78. The lowest BCUT2D eigenvalue weighted by Crippen LogP contribution is -2.57. The number of hydrazine groups is 1. The zero-order valence-corrected chi connectivity index (χ0v) is 16.3. The SMILES string of the molecule is CN1C(N)=N[C@](C)(c2cccc(OC(F)(F)F)c2)[C@H](c2ccc(OC(F)F)cc2)N1O. The molecule has 0 spiro atoms. The maximum Gasteiger partial charge on any atom is 0.573 e. The van der Waals surface area contributed by atoms with E-state index in [4.69, 9.17) is 5.73 Å². The smallest absolute Gasteiger partial charge is 0.435 e. The molecular weight excluding hydrogens is 427 g/mol. The van der Waals surface area contributed by atoms with Gasteiger partial charge in [0, 0.05) is 7.05 Å². The fourth-order valence-electron chi connectivity index (χ4n) is 3.39. The molecule has 0 bridgehead atoms. The summed E-state index contributed by atoms with van der Waals surface area (Å²) in [6.07, 6.45) is -4.89. The fourth-order valence-corrected chi connectivity index (χ4v) is 3.39. The Labute approximate surface area is 174 Å². The maximum atomic E-state index is 12.7. The number of hydrogen-bond donors (Lipinski definition) is 2. The first-order chi connectivity index (χ1) is 14.4. The van der Waals surface area contributed by atoms with Crippen molar-refractivity contribution in [3.05, 3.63) is 59.7 Å². The monoisotopic (exact) mass is 446 g/mol. The van der Waals surface area contributed by atoms with E-state index >= 15 is 0 Å². The zero-order chi connectivity index (χ0) is 23.0. The number of halogens is 5. The summed E-state index contributed by atoms with van der Waals surface area (Å²) >= 11 is 0. The van der Waals surface area contributed by atoms with Crippen LogP contribution in [0.5, 0.6) is 11.5 Å². The number of nitrogens with zero attached hydrogens (tertiary/aromatic N) is 3. The van der Waals surface area contributed by atoms with Crippen LogP contribution >= 0.6 is 0 Å². The molecule has 0 radical (unpaired) electrons. The maximum absolute atomic E-state index is 12.7. The van der Waals surface area contributed by atoms with Gasteiger partial charge >= 0.3 is 13.0 Å².